The van der Waals surface area contributed by atoms with Crippen LogP contribution in [0.4, 0.5) is 5.69 Å². The Kier molecular flexibility index (Phi) is 3.43. The highest BCUT2D eigenvalue weighted by Gasteiger charge is 2.10. The summed E-state index contributed by atoms with van der Waals surface area (Å²) in [7, 11) is 1.53. The Morgan fingerprint density at radius 1 is 1.41 bits per heavy atom. The minimum atomic E-state index is -0.331. The topological polar surface area (TPSA) is 64.4 Å². The number of nitrogens with zero attached hydrogens (tertiary/aromatic N) is 1. The predicted molar refractivity (Wildman–Crippen MR) is 65.2 cm³/mol. The summed E-state index contributed by atoms with van der Waals surface area (Å²) < 4.78 is 10.5. The van der Waals surface area contributed by atoms with Gasteiger partial charge in [0.05, 0.1) is 19.0 Å². The number of methoxy groups -OCH3 is 1. The fraction of sp³-hybridized carbons (Fsp3) is 0.0909. The maximum Gasteiger partial charge on any atom is 0.291 e. The van der Waals surface area contributed by atoms with Crippen molar-refractivity contribution >= 4 is 27.5 Å². The van der Waals surface area contributed by atoms with Gasteiger partial charge in [-0.25, -0.2) is 4.98 Å². The number of furan rings is 1. The lowest BCUT2D eigenvalue weighted by Crippen LogP contribution is -2.10. The molecule has 2 heterocycles. The van der Waals surface area contributed by atoms with Gasteiger partial charge in [0.15, 0.2) is 10.4 Å². The van der Waals surface area contributed by atoms with E-state index in [1.54, 1.807) is 24.3 Å². The quantitative estimate of drug-likeness (QED) is 0.946. The van der Waals surface area contributed by atoms with Crippen LogP contribution >= 0.6 is 15.9 Å². The van der Waals surface area contributed by atoms with E-state index in [9.17, 15) is 4.79 Å². The molecule has 0 aromatic carbocycles. The number of rotatable bonds is 3. The van der Waals surface area contributed by atoms with E-state index >= 15 is 0 Å². The summed E-state index contributed by atoms with van der Waals surface area (Å²) in [4.78, 5) is 15.7. The van der Waals surface area contributed by atoms with Gasteiger partial charge in [0.25, 0.3) is 5.91 Å². The second kappa shape index (κ2) is 5.01. The minimum absolute atomic E-state index is 0.229. The molecule has 1 amide bonds. The van der Waals surface area contributed by atoms with Crippen LogP contribution in [-0.4, -0.2) is 18.0 Å². The summed E-state index contributed by atoms with van der Waals surface area (Å²) in [6, 6.07) is 6.59. The van der Waals surface area contributed by atoms with Gasteiger partial charge in [-0.15, -0.1) is 0 Å². The number of carbonyl (C=O) groups is 1. The third-order valence-corrected chi connectivity index (χ3v) is 2.43. The van der Waals surface area contributed by atoms with Crippen molar-refractivity contribution in [3.8, 4) is 5.88 Å². The molecule has 5 nitrogen and oxygen atoms in total. The van der Waals surface area contributed by atoms with E-state index in [0.717, 1.165) is 0 Å². The fourth-order valence-corrected chi connectivity index (χ4v) is 1.51. The van der Waals surface area contributed by atoms with E-state index in [1.807, 2.05) is 0 Å². The first-order chi connectivity index (χ1) is 8.19. The van der Waals surface area contributed by atoms with Crippen molar-refractivity contribution in [1.29, 1.82) is 0 Å². The fourth-order valence-electron chi connectivity index (χ4n) is 1.20. The Labute approximate surface area is 106 Å². The van der Waals surface area contributed by atoms with E-state index in [4.69, 9.17) is 9.15 Å². The molecule has 0 aliphatic rings. The van der Waals surface area contributed by atoms with Gasteiger partial charge in [0.2, 0.25) is 5.88 Å². The summed E-state index contributed by atoms with van der Waals surface area (Å²) in [5.41, 5.74) is 0.573. The zero-order valence-electron chi connectivity index (χ0n) is 8.94. The number of pyridine rings is 1. The molecule has 0 aliphatic heterocycles. The summed E-state index contributed by atoms with van der Waals surface area (Å²) in [6.07, 6.45) is 1.51. The molecule has 0 radical (unpaired) electrons. The zero-order chi connectivity index (χ0) is 12.3. The van der Waals surface area contributed by atoms with Gasteiger partial charge < -0.3 is 14.5 Å². The summed E-state index contributed by atoms with van der Waals surface area (Å²) in [5, 5.41) is 2.65. The molecule has 6 heteroatoms. The van der Waals surface area contributed by atoms with Gasteiger partial charge in [0, 0.05) is 6.07 Å². The van der Waals surface area contributed by atoms with Crippen LogP contribution in [0, 0.1) is 0 Å². The Bertz CT molecular complexity index is 522. The Morgan fingerprint density at radius 3 is 2.76 bits per heavy atom. The van der Waals surface area contributed by atoms with Crippen molar-refractivity contribution in [1.82, 2.24) is 4.98 Å². The zero-order valence-corrected chi connectivity index (χ0v) is 10.5. The molecule has 1 N–H and O–H groups in total. The third-order valence-electron chi connectivity index (χ3n) is 2.00. The second-order valence-electron chi connectivity index (χ2n) is 3.15. The number of ether oxygens (including phenoxy) is 1. The number of carbonyl (C=O) groups excluding carboxylic acids is 1. The smallest absolute Gasteiger partial charge is 0.291 e. The summed E-state index contributed by atoms with van der Waals surface area (Å²) >= 11 is 3.13. The van der Waals surface area contributed by atoms with Crippen LogP contribution in [-0.2, 0) is 0 Å². The molecule has 88 valence electrons. The third kappa shape index (κ3) is 2.85. The standard InChI is InChI=1S/C11H9BrN2O3/c1-16-10-5-2-7(6-13-10)14-11(15)8-3-4-9(12)17-8/h2-6H,1H3,(H,14,15). The molecule has 0 bridgehead atoms. The van der Waals surface area contributed by atoms with Crippen LogP contribution in [0.1, 0.15) is 10.6 Å². The van der Waals surface area contributed by atoms with Gasteiger partial charge in [0.1, 0.15) is 0 Å². The predicted octanol–water partition coefficient (Wildman–Crippen LogP) is 2.70. The molecule has 0 atom stereocenters. The maximum absolute atomic E-state index is 11.7. The normalized spacial score (nSPS) is 10.0. The average molecular weight is 297 g/mol. The van der Waals surface area contributed by atoms with Crippen molar-refractivity contribution in [2.45, 2.75) is 0 Å². The van der Waals surface area contributed by atoms with E-state index < -0.39 is 0 Å². The number of hydrogen-bond acceptors (Lipinski definition) is 4. The highest BCUT2D eigenvalue weighted by Crippen LogP contribution is 2.16. The molecule has 0 fully saturated rings. The van der Waals surface area contributed by atoms with Gasteiger partial charge in [-0.3, -0.25) is 4.79 Å². The molecule has 2 rings (SSSR count). The Hall–Kier alpha value is -1.82. The summed E-state index contributed by atoms with van der Waals surface area (Å²) in [6.45, 7) is 0. The van der Waals surface area contributed by atoms with Gasteiger partial charge in [-0.1, -0.05) is 0 Å². The van der Waals surface area contributed by atoms with Crippen LogP contribution < -0.4 is 10.1 Å². The summed E-state index contributed by atoms with van der Waals surface area (Å²) in [5.74, 6) is 0.388. The molecule has 0 spiro atoms. The van der Waals surface area contributed by atoms with Gasteiger partial charge in [-0.2, -0.15) is 0 Å². The molecule has 0 unspecified atom stereocenters. The lowest BCUT2D eigenvalue weighted by atomic mass is 10.3. The van der Waals surface area contributed by atoms with Crippen LogP contribution in [0.25, 0.3) is 0 Å². The number of hydrogen-bond donors (Lipinski definition) is 1. The first-order valence-electron chi connectivity index (χ1n) is 4.76. The molecular formula is C11H9BrN2O3. The van der Waals surface area contributed by atoms with Crippen molar-refractivity contribution < 1.29 is 13.9 Å². The molecule has 0 saturated heterocycles. The molecule has 17 heavy (non-hydrogen) atoms. The molecular weight excluding hydrogens is 288 g/mol. The molecule has 2 aromatic rings. The van der Waals surface area contributed by atoms with Gasteiger partial charge in [-0.05, 0) is 34.1 Å². The SMILES string of the molecule is COc1ccc(NC(=O)c2ccc(Br)o2)cn1. The second-order valence-corrected chi connectivity index (χ2v) is 3.93. The van der Waals surface area contributed by atoms with Crippen molar-refractivity contribution in [2.24, 2.45) is 0 Å². The van der Waals surface area contributed by atoms with Crippen LogP contribution in [0.5, 0.6) is 5.88 Å². The van der Waals surface area contributed by atoms with Crippen LogP contribution in [0.2, 0.25) is 0 Å². The highest BCUT2D eigenvalue weighted by atomic mass is 79.9. The largest absolute Gasteiger partial charge is 0.481 e. The van der Waals surface area contributed by atoms with Crippen molar-refractivity contribution in [3.63, 3.8) is 0 Å². The number of nitrogens with one attached hydrogen (secondary N) is 1. The highest BCUT2D eigenvalue weighted by molar-refractivity contribution is 9.10. The van der Waals surface area contributed by atoms with Crippen molar-refractivity contribution in [3.05, 3.63) is 40.9 Å². The first-order valence-corrected chi connectivity index (χ1v) is 5.55. The lowest BCUT2D eigenvalue weighted by molar-refractivity contribution is 0.0995. The molecule has 0 saturated carbocycles. The number of aromatic nitrogens is 1. The minimum Gasteiger partial charge on any atom is -0.481 e. The monoisotopic (exact) mass is 296 g/mol. The number of amides is 1. The van der Waals surface area contributed by atoms with E-state index in [-0.39, 0.29) is 11.7 Å². The Balaban J connectivity index is 2.07. The van der Waals surface area contributed by atoms with Crippen LogP contribution in [0.3, 0.4) is 0 Å². The first kappa shape index (κ1) is 11.7. The molecule has 0 aliphatic carbocycles. The molecule has 2 aromatic heterocycles. The van der Waals surface area contributed by atoms with Gasteiger partial charge >= 0.3 is 0 Å². The average Bonchev–Trinajstić information content (AvgIpc) is 2.77. The Morgan fingerprint density at radius 2 is 2.24 bits per heavy atom. The van der Waals surface area contributed by atoms with Crippen molar-refractivity contribution in [2.75, 3.05) is 12.4 Å². The lowest BCUT2D eigenvalue weighted by Gasteiger charge is -2.03. The number of anilines is 1. The number of halogens is 1. The van der Waals surface area contributed by atoms with E-state index in [1.165, 1.54) is 13.3 Å². The van der Waals surface area contributed by atoms with E-state index in [0.29, 0.717) is 16.2 Å². The van der Waals surface area contributed by atoms with E-state index in [2.05, 4.69) is 26.2 Å². The maximum atomic E-state index is 11.7. The van der Waals surface area contributed by atoms with Crippen LogP contribution in [0.15, 0.2) is 39.5 Å².